The van der Waals surface area contributed by atoms with Gasteiger partial charge in [0.2, 0.25) is 11.9 Å². The van der Waals surface area contributed by atoms with Gasteiger partial charge in [-0.1, -0.05) is 18.2 Å². The van der Waals surface area contributed by atoms with Crippen LogP contribution in [0.5, 0.6) is 0 Å². The first kappa shape index (κ1) is 19.8. The minimum absolute atomic E-state index is 0.0338. The zero-order valence-corrected chi connectivity index (χ0v) is 17.0. The molecule has 4 rings (SSSR count). The van der Waals surface area contributed by atoms with Crippen LogP contribution in [0.2, 0.25) is 0 Å². The number of carbonyl (C=O) groups excluding carboxylic acids is 1. The molecule has 2 aliphatic rings. The van der Waals surface area contributed by atoms with E-state index >= 15 is 0 Å². The van der Waals surface area contributed by atoms with E-state index in [2.05, 4.69) is 14.9 Å². The molecular weight excluding hydrogens is 392 g/mol. The highest BCUT2D eigenvalue weighted by Crippen LogP contribution is 2.21. The van der Waals surface area contributed by atoms with Crippen LogP contribution in [0.25, 0.3) is 0 Å². The molecule has 0 radical (unpaired) electrons. The van der Waals surface area contributed by atoms with Gasteiger partial charge in [0.05, 0.1) is 36.1 Å². The lowest BCUT2D eigenvalue weighted by Crippen LogP contribution is -2.39. The molecule has 29 heavy (non-hydrogen) atoms. The molecule has 0 N–H and O–H groups in total. The lowest BCUT2D eigenvalue weighted by Gasteiger charge is -2.30. The number of amides is 1. The topological polar surface area (TPSA) is 92.7 Å². The van der Waals surface area contributed by atoms with Crippen LogP contribution < -0.4 is 4.90 Å². The highest BCUT2D eigenvalue weighted by Gasteiger charge is 2.25. The predicted octanol–water partition coefficient (Wildman–Crippen LogP) is 1.06. The number of anilines is 1. The smallest absolute Gasteiger partial charge is 0.225 e. The fourth-order valence-corrected chi connectivity index (χ4v) is 4.80. The van der Waals surface area contributed by atoms with Crippen LogP contribution in [0.3, 0.4) is 0 Å². The second-order valence-corrected chi connectivity index (χ2v) is 9.30. The summed E-state index contributed by atoms with van der Waals surface area (Å²) in [5, 5.41) is 0. The van der Waals surface area contributed by atoms with E-state index in [4.69, 9.17) is 4.74 Å². The van der Waals surface area contributed by atoms with Crippen molar-refractivity contribution in [3.8, 4) is 0 Å². The summed E-state index contributed by atoms with van der Waals surface area (Å²) in [6, 6.07) is 8.24. The van der Waals surface area contributed by atoms with Gasteiger partial charge in [-0.15, -0.1) is 0 Å². The van der Waals surface area contributed by atoms with E-state index in [1.54, 1.807) is 35.2 Å². The molecule has 2 aliphatic heterocycles. The molecular formula is C20H24N4O4S. The molecule has 9 heteroatoms. The molecule has 0 atom stereocenters. The molecule has 0 bridgehead atoms. The number of morpholine rings is 1. The molecule has 1 aromatic heterocycles. The highest BCUT2D eigenvalue weighted by atomic mass is 32.2. The molecule has 1 amide bonds. The monoisotopic (exact) mass is 416 g/mol. The summed E-state index contributed by atoms with van der Waals surface area (Å²) < 4.78 is 30.2. The quantitative estimate of drug-likeness (QED) is 0.720. The summed E-state index contributed by atoms with van der Waals surface area (Å²) >= 11 is 0. The molecule has 3 heterocycles. The van der Waals surface area contributed by atoms with Gasteiger partial charge in [0.1, 0.15) is 0 Å². The van der Waals surface area contributed by atoms with Crippen LogP contribution in [0.4, 0.5) is 5.95 Å². The van der Waals surface area contributed by atoms with E-state index in [1.165, 1.54) is 0 Å². The van der Waals surface area contributed by atoms with Crippen molar-refractivity contribution in [1.82, 2.24) is 14.9 Å². The predicted molar refractivity (Wildman–Crippen MR) is 107 cm³/mol. The molecule has 2 aromatic rings. The van der Waals surface area contributed by atoms with Gasteiger partial charge in [-0.2, -0.15) is 0 Å². The van der Waals surface area contributed by atoms with Gasteiger partial charge in [0, 0.05) is 32.3 Å². The number of fused-ring (bicyclic) bond motifs is 1. The number of nitrogens with zero attached hydrogens (tertiary/aromatic N) is 4. The van der Waals surface area contributed by atoms with E-state index in [-0.39, 0.29) is 23.0 Å². The zero-order valence-electron chi connectivity index (χ0n) is 16.2. The number of carbonyl (C=O) groups is 1. The Balaban J connectivity index is 1.40. The molecule has 0 saturated carbocycles. The Hall–Kier alpha value is -2.52. The molecule has 1 saturated heterocycles. The average molecular weight is 417 g/mol. The molecule has 1 fully saturated rings. The second-order valence-electron chi connectivity index (χ2n) is 7.19. The maximum absolute atomic E-state index is 12.7. The van der Waals surface area contributed by atoms with Crippen molar-refractivity contribution in [2.45, 2.75) is 24.3 Å². The van der Waals surface area contributed by atoms with E-state index in [0.29, 0.717) is 38.7 Å². The van der Waals surface area contributed by atoms with Gasteiger partial charge in [-0.3, -0.25) is 4.79 Å². The van der Waals surface area contributed by atoms with E-state index < -0.39 is 9.84 Å². The number of aromatic nitrogens is 2. The minimum atomic E-state index is -3.47. The summed E-state index contributed by atoms with van der Waals surface area (Å²) in [7, 11) is -3.47. The summed E-state index contributed by atoms with van der Waals surface area (Å²) in [4.78, 5) is 25.8. The van der Waals surface area contributed by atoms with E-state index in [9.17, 15) is 13.2 Å². The lowest BCUT2D eigenvalue weighted by atomic mass is 10.1. The van der Waals surface area contributed by atoms with Crippen LogP contribution in [0.1, 0.15) is 17.7 Å². The van der Waals surface area contributed by atoms with Crippen LogP contribution in [-0.4, -0.2) is 67.8 Å². The Bertz CT molecular complexity index is 975. The molecule has 0 aliphatic carbocycles. The summed E-state index contributed by atoms with van der Waals surface area (Å²) in [6.45, 7) is 3.75. The zero-order chi connectivity index (χ0) is 20.3. The first-order valence-corrected chi connectivity index (χ1v) is 11.4. The Morgan fingerprint density at radius 3 is 2.62 bits per heavy atom. The Morgan fingerprint density at radius 2 is 1.86 bits per heavy atom. The van der Waals surface area contributed by atoms with Gasteiger partial charge in [0.15, 0.2) is 9.84 Å². The van der Waals surface area contributed by atoms with Crippen LogP contribution in [0.15, 0.2) is 41.4 Å². The number of sulfone groups is 1. The fraction of sp³-hybridized carbons (Fsp3) is 0.450. The number of hydrogen-bond acceptors (Lipinski definition) is 7. The maximum Gasteiger partial charge on any atom is 0.225 e. The number of ether oxygens (including phenoxy) is 1. The van der Waals surface area contributed by atoms with Crippen LogP contribution in [0, 0.1) is 0 Å². The van der Waals surface area contributed by atoms with Crippen molar-refractivity contribution >= 4 is 21.7 Å². The molecule has 1 aromatic carbocycles. The van der Waals surface area contributed by atoms with Crippen molar-refractivity contribution in [3.63, 3.8) is 0 Å². The van der Waals surface area contributed by atoms with Gasteiger partial charge < -0.3 is 14.5 Å². The summed E-state index contributed by atoms with van der Waals surface area (Å²) in [6.07, 6.45) is 2.48. The van der Waals surface area contributed by atoms with E-state index in [0.717, 1.165) is 24.3 Å². The van der Waals surface area contributed by atoms with Crippen molar-refractivity contribution in [2.75, 3.05) is 43.5 Å². The SMILES string of the molecule is O=C(CCS(=O)(=O)c1ccccc1)N1CCc2cnc(N3CCOCC3)nc2C1. The third kappa shape index (κ3) is 4.56. The lowest BCUT2D eigenvalue weighted by molar-refractivity contribution is -0.131. The third-order valence-corrected chi connectivity index (χ3v) is 7.00. The summed E-state index contributed by atoms with van der Waals surface area (Å²) in [5.41, 5.74) is 1.88. The number of rotatable bonds is 5. The van der Waals surface area contributed by atoms with Crippen molar-refractivity contribution in [3.05, 3.63) is 47.8 Å². The average Bonchev–Trinajstić information content (AvgIpc) is 2.78. The Morgan fingerprint density at radius 1 is 1.10 bits per heavy atom. The molecule has 8 nitrogen and oxygen atoms in total. The number of benzene rings is 1. The third-order valence-electron chi connectivity index (χ3n) is 5.27. The Kier molecular flexibility index (Phi) is 5.77. The van der Waals surface area contributed by atoms with Crippen LogP contribution >= 0.6 is 0 Å². The first-order valence-electron chi connectivity index (χ1n) is 9.76. The maximum atomic E-state index is 12.7. The Labute approximate surface area is 170 Å². The van der Waals surface area contributed by atoms with E-state index in [1.807, 2.05) is 6.20 Å². The normalized spacial score (nSPS) is 17.1. The van der Waals surface area contributed by atoms with Gasteiger partial charge in [-0.05, 0) is 24.1 Å². The van der Waals surface area contributed by atoms with Gasteiger partial charge in [-0.25, -0.2) is 18.4 Å². The standard InChI is InChI=1S/C20H24N4O4S/c25-19(7-13-29(26,27)17-4-2-1-3-5-17)24-8-6-16-14-21-20(22-18(16)15-24)23-9-11-28-12-10-23/h1-5,14H,6-13,15H2. The molecule has 0 unspecified atom stereocenters. The van der Waals surface area contributed by atoms with Crippen LogP contribution in [-0.2, 0) is 32.3 Å². The first-order chi connectivity index (χ1) is 14.0. The fourth-order valence-electron chi connectivity index (χ4n) is 3.55. The minimum Gasteiger partial charge on any atom is -0.378 e. The molecule has 0 spiro atoms. The molecule has 154 valence electrons. The summed E-state index contributed by atoms with van der Waals surface area (Å²) in [5.74, 6) is 0.303. The van der Waals surface area contributed by atoms with Gasteiger partial charge >= 0.3 is 0 Å². The van der Waals surface area contributed by atoms with Crippen molar-refractivity contribution in [2.24, 2.45) is 0 Å². The number of hydrogen-bond donors (Lipinski definition) is 0. The van der Waals surface area contributed by atoms with Crippen molar-refractivity contribution in [1.29, 1.82) is 0 Å². The largest absolute Gasteiger partial charge is 0.378 e. The highest BCUT2D eigenvalue weighted by molar-refractivity contribution is 7.91. The second kappa shape index (κ2) is 8.46. The van der Waals surface area contributed by atoms with Crippen molar-refractivity contribution < 1.29 is 17.9 Å². The van der Waals surface area contributed by atoms with Gasteiger partial charge in [0.25, 0.3) is 0 Å².